The molecule has 17 heavy (non-hydrogen) atoms. The third kappa shape index (κ3) is 5.34. The molecule has 1 rings (SSSR count). The molecule has 0 unspecified atom stereocenters. The number of methoxy groups -OCH3 is 1. The summed E-state index contributed by atoms with van der Waals surface area (Å²) >= 11 is 0. The van der Waals surface area contributed by atoms with Crippen molar-refractivity contribution in [2.75, 3.05) is 40.0 Å². The molecule has 1 saturated heterocycles. The first-order valence-electron chi connectivity index (χ1n) is 6.05. The van der Waals surface area contributed by atoms with Crippen molar-refractivity contribution in [2.45, 2.75) is 25.8 Å². The Morgan fingerprint density at radius 1 is 1.35 bits per heavy atom. The molecule has 1 aliphatic rings. The molecule has 0 aromatic heterocycles. The summed E-state index contributed by atoms with van der Waals surface area (Å²) in [6.07, 6.45) is 1.55. The normalized spacial score (nSPS) is 17.2. The highest BCUT2D eigenvalue weighted by Crippen LogP contribution is 2.11. The third-order valence-electron chi connectivity index (χ3n) is 2.66. The Bertz CT molecular complexity index is 218. The fourth-order valence-electron chi connectivity index (χ4n) is 1.70. The number of rotatable bonds is 6. The second kappa shape index (κ2) is 8.27. The van der Waals surface area contributed by atoms with Crippen LogP contribution in [0.4, 0.5) is 4.79 Å². The van der Waals surface area contributed by atoms with Gasteiger partial charge < -0.3 is 14.4 Å². The number of hydroxylamine groups is 1. The van der Waals surface area contributed by atoms with Gasteiger partial charge >= 0.3 is 6.09 Å². The Morgan fingerprint density at radius 2 is 2.06 bits per heavy atom. The maximum absolute atomic E-state index is 11.4. The van der Waals surface area contributed by atoms with Gasteiger partial charge in [-0.3, -0.25) is 4.84 Å². The zero-order chi connectivity index (χ0) is 12.5. The van der Waals surface area contributed by atoms with E-state index in [-0.39, 0.29) is 6.09 Å². The van der Waals surface area contributed by atoms with E-state index in [9.17, 15) is 4.79 Å². The maximum Gasteiger partial charge on any atom is 0.409 e. The average molecular weight is 246 g/mol. The number of nitrogens with zero attached hydrogens (tertiary/aromatic N) is 1. The number of ether oxygens (including phenoxy) is 2. The first-order chi connectivity index (χ1) is 8.27. The number of hydrogen-bond acceptors (Lipinski definition) is 5. The standard InChI is InChI=1S/C11H22N2O4/c1-3-16-11(14)13-6-4-10(5-7-13)12-17-9-8-15-2/h10,12H,3-9H2,1-2H3. The molecule has 0 bridgehead atoms. The Labute approximate surface area is 102 Å². The topological polar surface area (TPSA) is 60.0 Å². The highest BCUT2D eigenvalue weighted by atomic mass is 16.7. The molecular weight excluding hydrogens is 224 g/mol. The van der Waals surface area contributed by atoms with Gasteiger partial charge in [0.1, 0.15) is 0 Å². The zero-order valence-electron chi connectivity index (χ0n) is 10.6. The summed E-state index contributed by atoms with van der Waals surface area (Å²) in [4.78, 5) is 18.4. The number of hydrogen-bond donors (Lipinski definition) is 1. The smallest absolute Gasteiger partial charge is 0.409 e. The fraction of sp³-hybridized carbons (Fsp3) is 0.909. The Kier molecular flexibility index (Phi) is 6.91. The molecule has 0 atom stereocenters. The molecule has 0 aromatic carbocycles. The van der Waals surface area contributed by atoms with E-state index in [1.165, 1.54) is 0 Å². The number of piperidine rings is 1. The van der Waals surface area contributed by atoms with Crippen LogP contribution >= 0.6 is 0 Å². The van der Waals surface area contributed by atoms with Crippen LogP contribution in [0.3, 0.4) is 0 Å². The molecule has 1 heterocycles. The summed E-state index contributed by atoms with van der Waals surface area (Å²) in [7, 11) is 1.64. The molecule has 6 heteroatoms. The average Bonchev–Trinajstić information content (AvgIpc) is 2.36. The van der Waals surface area contributed by atoms with Crippen LogP contribution in [0.2, 0.25) is 0 Å². The molecule has 0 aromatic rings. The highest BCUT2D eigenvalue weighted by molar-refractivity contribution is 5.67. The van der Waals surface area contributed by atoms with Gasteiger partial charge in [0, 0.05) is 26.2 Å². The Hall–Kier alpha value is -0.850. The molecule has 1 N–H and O–H groups in total. The molecular formula is C11H22N2O4. The van der Waals surface area contributed by atoms with Crippen LogP contribution in [0, 0.1) is 0 Å². The van der Waals surface area contributed by atoms with Crippen LogP contribution in [0.15, 0.2) is 0 Å². The van der Waals surface area contributed by atoms with Crippen molar-refractivity contribution in [3.8, 4) is 0 Å². The van der Waals surface area contributed by atoms with Gasteiger partial charge in [-0.05, 0) is 19.8 Å². The summed E-state index contributed by atoms with van der Waals surface area (Å²) in [6, 6.07) is 0.303. The number of amides is 1. The molecule has 100 valence electrons. The van der Waals surface area contributed by atoms with Crippen LogP contribution in [-0.2, 0) is 14.3 Å². The van der Waals surface area contributed by atoms with E-state index in [2.05, 4.69) is 5.48 Å². The zero-order valence-corrected chi connectivity index (χ0v) is 10.6. The van der Waals surface area contributed by atoms with Gasteiger partial charge in [-0.1, -0.05) is 0 Å². The Balaban J connectivity index is 2.11. The lowest BCUT2D eigenvalue weighted by Crippen LogP contribution is -2.45. The largest absolute Gasteiger partial charge is 0.450 e. The summed E-state index contributed by atoms with van der Waals surface area (Å²) in [5.41, 5.74) is 2.99. The van der Waals surface area contributed by atoms with E-state index in [1.54, 1.807) is 12.0 Å². The van der Waals surface area contributed by atoms with Crippen molar-refractivity contribution in [1.29, 1.82) is 0 Å². The van der Waals surface area contributed by atoms with Crippen LogP contribution in [0.1, 0.15) is 19.8 Å². The maximum atomic E-state index is 11.4. The van der Waals surface area contributed by atoms with Gasteiger partial charge in [-0.25, -0.2) is 4.79 Å². The highest BCUT2D eigenvalue weighted by Gasteiger charge is 2.23. The van der Waals surface area contributed by atoms with E-state index in [0.717, 1.165) is 12.8 Å². The quantitative estimate of drug-likeness (QED) is 0.554. The molecule has 1 amide bonds. The SMILES string of the molecule is CCOC(=O)N1CCC(NOCCOC)CC1. The van der Waals surface area contributed by atoms with Crippen molar-refractivity contribution in [3.05, 3.63) is 0 Å². The molecule has 1 fully saturated rings. The van der Waals surface area contributed by atoms with Gasteiger partial charge in [0.2, 0.25) is 0 Å². The minimum Gasteiger partial charge on any atom is -0.450 e. The fourth-order valence-corrected chi connectivity index (χ4v) is 1.70. The van der Waals surface area contributed by atoms with E-state index >= 15 is 0 Å². The lowest BCUT2D eigenvalue weighted by molar-refractivity contribution is -0.0231. The van der Waals surface area contributed by atoms with Crippen molar-refractivity contribution < 1.29 is 19.1 Å². The predicted octanol–water partition coefficient (Wildman–Crippen LogP) is 0.775. The summed E-state index contributed by atoms with van der Waals surface area (Å²) in [6.45, 7) is 4.78. The van der Waals surface area contributed by atoms with Crippen LogP contribution in [0.5, 0.6) is 0 Å². The lowest BCUT2D eigenvalue weighted by Gasteiger charge is -2.31. The number of nitrogens with one attached hydrogen (secondary N) is 1. The van der Waals surface area contributed by atoms with Gasteiger partial charge in [0.15, 0.2) is 0 Å². The summed E-state index contributed by atoms with van der Waals surface area (Å²) < 4.78 is 9.82. The second-order valence-electron chi connectivity index (χ2n) is 3.92. The van der Waals surface area contributed by atoms with Crippen LogP contribution in [-0.4, -0.2) is 57.1 Å². The number of carbonyl (C=O) groups excluding carboxylic acids is 1. The van der Waals surface area contributed by atoms with E-state index < -0.39 is 0 Å². The Morgan fingerprint density at radius 3 is 2.65 bits per heavy atom. The summed E-state index contributed by atoms with van der Waals surface area (Å²) in [5, 5.41) is 0. The van der Waals surface area contributed by atoms with Gasteiger partial charge in [-0.15, -0.1) is 0 Å². The summed E-state index contributed by atoms with van der Waals surface area (Å²) in [5.74, 6) is 0. The lowest BCUT2D eigenvalue weighted by atomic mass is 10.1. The second-order valence-corrected chi connectivity index (χ2v) is 3.92. The molecule has 0 aliphatic carbocycles. The van der Waals surface area contributed by atoms with Gasteiger partial charge in [-0.2, -0.15) is 5.48 Å². The minimum absolute atomic E-state index is 0.216. The molecule has 0 spiro atoms. The molecule has 1 aliphatic heterocycles. The van der Waals surface area contributed by atoms with Crippen molar-refractivity contribution >= 4 is 6.09 Å². The van der Waals surface area contributed by atoms with Crippen LogP contribution in [0.25, 0.3) is 0 Å². The monoisotopic (exact) mass is 246 g/mol. The van der Waals surface area contributed by atoms with E-state index in [4.69, 9.17) is 14.3 Å². The molecule has 6 nitrogen and oxygen atoms in total. The number of likely N-dealkylation sites (tertiary alicyclic amines) is 1. The van der Waals surface area contributed by atoms with Crippen molar-refractivity contribution in [3.63, 3.8) is 0 Å². The number of carbonyl (C=O) groups is 1. The van der Waals surface area contributed by atoms with Gasteiger partial charge in [0.25, 0.3) is 0 Å². The molecule has 0 saturated carbocycles. The molecule has 0 radical (unpaired) electrons. The van der Waals surface area contributed by atoms with E-state index in [0.29, 0.717) is 39.0 Å². The first-order valence-corrected chi connectivity index (χ1v) is 6.05. The predicted molar refractivity (Wildman–Crippen MR) is 62.6 cm³/mol. The van der Waals surface area contributed by atoms with Crippen LogP contribution < -0.4 is 5.48 Å². The van der Waals surface area contributed by atoms with Gasteiger partial charge in [0.05, 0.1) is 19.8 Å². The first kappa shape index (κ1) is 14.2. The minimum atomic E-state index is -0.216. The van der Waals surface area contributed by atoms with Crippen molar-refractivity contribution in [1.82, 2.24) is 10.4 Å². The van der Waals surface area contributed by atoms with E-state index in [1.807, 2.05) is 6.92 Å². The third-order valence-corrected chi connectivity index (χ3v) is 2.66. The van der Waals surface area contributed by atoms with Crippen molar-refractivity contribution in [2.24, 2.45) is 0 Å².